The third-order valence-corrected chi connectivity index (χ3v) is 5.95. The van der Waals surface area contributed by atoms with E-state index in [0.717, 1.165) is 35.7 Å². The van der Waals surface area contributed by atoms with Gasteiger partial charge in [0.2, 0.25) is 0 Å². The Hall–Kier alpha value is -4.11. The van der Waals surface area contributed by atoms with Gasteiger partial charge in [-0.25, -0.2) is 14.3 Å². The minimum absolute atomic E-state index is 0.0277. The van der Waals surface area contributed by atoms with Crippen LogP contribution in [0.1, 0.15) is 54.5 Å². The molecule has 0 aliphatic carbocycles. The molecule has 3 aromatic heterocycles. The number of aryl methyl sites for hydroxylation is 1. The van der Waals surface area contributed by atoms with Crippen molar-refractivity contribution >= 4 is 23.6 Å². The molecule has 15 heteroatoms. The molecule has 3 aromatic rings. The van der Waals surface area contributed by atoms with Crippen molar-refractivity contribution in [2.45, 2.75) is 57.0 Å². The number of hydrogen-bond donors (Lipinski definition) is 4. The van der Waals surface area contributed by atoms with Crippen LogP contribution in [0.4, 0.5) is 13.2 Å². The number of aliphatic hydroxyl groups is 1. The van der Waals surface area contributed by atoms with E-state index in [2.05, 4.69) is 20.0 Å². The fourth-order valence-electron chi connectivity index (χ4n) is 4.25. The molecular formula is C24H26F3N5O7. The summed E-state index contributed by atoms with van der Waals surface area (Å²) in [5, 5.41) is 38.1. The molecule has 4 heterocycles. The first-order valence-corrected chi connectivity index (χ1v) is 11.7. The van der Waals surface area contributed by atoms with E-state index in [0.29, 0.717) is 17.9 Å². The first-order chi connectivity index (χ1) is 18.2. The van der Waals surface area contributed by atoms with Crippen LogP contribution in [-0.2, 0) is 27.1 Å². The molecule has 210 valence electrons. The summed E-state index contributed by atoms with van der Waals surface area (Å²) in [5.41, 5.74) is -1.40. The predicted molar refractivity (Wildman–Crippen MR) is 126 cm³/mol. The van der Waals surface area contributed by atoms with Gasteiger partial charge in [0.15, 0.2) is 11.2 Å². The smallest absolute Gasteiger partial charge is 0.433 e. The van der Waals surface area contributed by atoms with Gasteiger partial charge >= 0.3 is 24.1 Å². The zero-order chi connectivity index (χ0) is 29.0. The lowest BCUT2D eigenvalue weighted by atomic mass is 9.96. The van der Waals surface area contributed by atoms with Crippen LogP contribution in [0.15, 0.2) is 36.5 Å². The van der Waals surface area contributed by atoms with Crippen molar-refractivity contribution in [2.24, 2.45) is 0 Å². The Morgan fingerprint density at radius 2 is 1.74 bits per heavy atom. The second-order valence-corrected chi connectivity index (χ2v) is 9.05. The molecule has 4 rings (SSSR count). The number of fused-ring (bicyclic) bond motifs is 1. The summed E-state index contributed by atoms with van der Waals surface area (Å²) < 4.78 is 40.9. The van der Waals surface area contributed by atoms with Crippen molar-refractivity contribution in [3.63, 3.8) is 0 Å². The number of rotatable bonds is 8. The highest BCUT2D eigenvalue weighted by molar-refractivity contribution is 5.88. The minimum Gasteiger partial charge on any atom is -0.481 e. The number of carboxylic acids is 3. The molecule has 1 aliphatic heterocycles. The zero-order valence-electron chi connectivity index (χ0n) is 20.7. The molecule has 0 aromatic carbocycles. The Labute approximate surface area is 219 Å². The van der Waals surface area contributed by atoms with Crippen LogP contribution in [0.5, 0.6) is 0 Å². The first kappa shape index (κ1) is 29.4. The van der Waals surface area contributed by atoms with E-state index in [4.69, 9.17) is 20.4 Å². The van der Waals surface area contributed by atoms with E-state index < -0.39 is 48.2 Å². The minimum atomic E-state index is -4.47. The van der Waals surface area contributed by atoms with E-state index in [9.17, 15) is 27.6 Å². The van der Waals surface area contributed by atoms with Crippen LogP contribution >= 0.6 is 0 Å². The third kappa shape index (κ3) is 7.48. The quantitative estimate of drug-likeness (QED) is 0.322. The standard InChI is InChI=1S/C18H18F3N5.C6H8O7/c1-12-9-16(18(19,20)21)26-17(23-12)10-14(24-26)15-6-4-8-25(15)11-13-5-2-3-7-22-13;7-3(8)1-6(13,5(11)12)2-4(9)10/h2-3,5,7,9-10,15H,4,6,8,11H2,1H3;13H,1-2H2,(H,7,8)(H,9,10)(H,11,12). The molecule has 0 radical (unpaired) electrons. The highest BCUT2D eigenvalue weighted by atomic mass is 19.4. The number of aromatic nitrogens is 4. The Morgan fingerprint density at radius 1 is 1.08 bits per heavy atom. The molecule has 4 N–H and O–H groups in total. The molecule has 1 fully saturated rings. The second kappa shape index (κ2) is 11.7. The predicted octanol–water partition coefficient (Wildman–Crippen LogP) is 2.54. The Kier molecular flexibility index (Phi) is 8.86. The van der Waals surface area contributed by atoms with Gasteiger partial charge in [-0.05, 0) is 44.5 Å². The van der Waals surface area contributed by atoms with Crippen molar-refractivity contribution in [3.8, 4) is 0 Å². The summed E-state index contributed by atoms with van der Waals surface area (Å²) in [6.45, 7) is 3.08. The average molecular weight is 553 g/mol. The molecule has 1 atom stereocenters. The number of alkyl halides is 3. The van der Waals surface area contributed by atoms with Crippen molar-refractivity contribution in [2.75, 3.05) is 6.54 Å². The van der Waals surface area contributed by atoms with Gasteiger partial charge in [-0.15, -0.1) is 0 Å². The topological polar surface area (TPSA) is 178 Å². The summed E-state index contributed by atoms with van der Waals surface area (Å²) in [6, 6.07) is 8.42. The number of halogens is 3. The van der Waals surface area contributed by atoms with E-state index in [-0.39, 0.29) is 11.7 Å². The molecule has 0 amide bonds. The highest BCUT2D eigenvalue weighted by Gasteiger charge is 2.41. The van der Waals surface area contributed by atoms with Gasteiger partial charge in [0, 0.05) is 24.5 Å². The number of hydrogen-bond acceptors (Lipinski definition) is 8. The summed E-state index contributed by atoms with van der Waals surface area (Å²) in [5.74, 6) is -5.02. The highest BCUT2D eigenvalue weighted by Crippen LogP contribution is 2.35. The van der Waals surface area contributed by atoms with Crippen LogP contribution in [0, 0.1) is 6.92 Å². The molecule has 1 aliphatic rings. The monoisotopic (exact) mass is 553 g/mol. The summed E-state index contributed by atoms with van der Waals surface area (Å²) in [6.07, 6.45) is -3.18. The molecule has 0 saturated carbocycles. The number of carbonyl (C=O) groups is 3. The number of pyridine rings is 1. The lowest BCUT2D eigenvalue weighted by Crippen LogP contribution is -2.42. The number of likely N-dealkylation sites (tertiary alicyclic amines) is 1. The van der Waals surface area contributed by atoms with Crippen LogP contribution in [0.2, 0.25) is 0 Å². The van der Waals surface area contributed by atoms with E-state index >= 15 is 0 Å². The number of carboxylic acid groups (broad SMARTS) is 3. The van der Waals surface area contributed by atoms with Gasteiger partial charge in [-0.3, -0.25) is 19.5 Å². The van der Waals surface area contributed by atoms with Crippen molar-refractivity contribution in [1.82, 2.24) is 24.5 Å². The van der Waals surface area contributed by atoms with Gasteiger partial charge in [0.1, 0.15) is 5.69 Å². The SMILES string of the molecule is Cc1cc(C(F)(F)F)n2nc(C3CCCN3Cc3ccccn3)cc2n1.O=C(O)CC(O)(CC(=O)O)C(=O)O. The van der Waals surface area contributed by atoms with Crippen molar-refractivity contribution in [3.05, 3.63) is 59.3 Å². The van der Waals surface area contributed by atoms with E-state index in [1.165, 1.54) is 0 Å². The summed E-state index contributed by atoms with van der Waals surface area (Å²) in [7, 11) is 0. The van der Waals surface area contributed by atoms with Crippen molar-refractivity contribution in [1.29, 1.82) is 0 Å². The van der Waals surface area contributed by atoms with Crippen molar-refractivity contribution < 1.29 is 48.0 Å². The maximum Gasteiger partial charge on any atom is 0.433 e. The maximum absolute atomic E-state index is 13.3. The largest absolute Gasteiger partial charge is 0.481 e. The zero-order valence-corrected chi connectivity index (χ0v) is 20.7. The van der Waals surface area contributed by atoms with Gasteiger partial charge < -0.3 is 20.4 Å². The van der Waals surface area contributed by atoms with Gasteiger partial charge in [0.05, 0.1) is 30.3 Å². The van der Waals surface area contributed by atoms with E-state index in [1.54, 1.807) is 19.2 Å². The second-order valence-electron chi connectivity index (χ2n) is 9.05. The molecule has 39 heavy (non-hydrogen) atoms. The summed E-state index contributed by atoms with van der Waals surface area (Å²) in [4.78, 5) is 41.3. The molecule has 1 unspecified atom stereocenters. The van der Waals surface area contributed by atoms with Gasteiger partial charge in [0.25, 0.3) is 0 Å². The van der Waals surface area contributed by atoms with E-state index in [1.807, 2.05) is 18.2 Å². The van der Waals surface area contributed by atoms with Gasteiger partial charge in [-0.1, -0.05) is 6.07 Å². The average Bonchev–Trinajstić information content (AvgIpc) is 3.44. The molecule has 0 bridgehead atoms. The maximum atomic E-state index is 13.3. The number of aliphatic carboxylic acids is 3. The first-order valence-electron chi connectivity index (χ1n) is 11.7. The molecule has 12 nitrogen and oxygen atoms in total. The Bertz CT molecular complexity index is 1330. The van der Waals surface area contributed by atoms with Crippen LogP contribution in [0.3, 0.4) is 0 Å². The summed E-state index contributed by atoms with van der Waals surface area (Å²) >= 11 is 0. The molecule has 1 saturated heterocycles. The lowest BCUT2D eigenvalue weighted by molar-refractivity contribution is -0.170. The Balaban J connectivity index is 0.000000276. The molecular weight excluding hydrogens is 527 g/mol. The third-order valence-electron chi connectivity index (χ3n) is 5.95. The normalized spacial score (nSPS) is 16.1. The number of nitrogens with zero attached hydrogens (tertiary/aromatic N) is 5. The van der Waals surface area contributed by atoms with Crippen LogP contribution in [0.25, 0.3) is 5.65 Å². The van der Waals surface area contributed by atoms with Crippen LogP contribution < -0.4 is 0 Å². The fourth-order valence-corrected chi connectivity index (χ4v) is 4.25. The lowest BCUT2D eigenvalue weighted by Gasteiger charge is -2.22. The van der Waals surface area contributed by atoms with Gasteiger partial charge in [-0.2, -0.15) is 18.3 Å². The molecule has 0 spiro atoms. The fraction of sp³-hybridized carbons (Fsp3) is 0.417. The Morgan fingerprint density at radius 3 is 2.28 bits per heavy atom. The van der Waals surface area contributed by atoms with Crippen LogP contribution in [-0.4, -0.2) is 75.0 Å².